The van der Waals surface area contributed by atoms with Crippen LogP contribution in [0.4, 0.5) is 5.69 Å². The van der Waals surface area contributed by atoms with Gasteiger partial charge in [-0.3, -0.25) is 9.59 Å². The zero-order valence-electron chi connectivity index (χ0n) is 17.3. The summed E-state index contributed by atoms with van der Waals surface area (Å²) < 4.78 is 5.74. The van der Waals surface area contributed by atoms with Crippen LogP contribution in [-0.2, 0) is 17.6 Å². The highest BCUT2D eigenvalue weighted by molar-refractivity contribution is 9.10. The second kappa shape index (κ2) is 9.76. The molecule has 0 fully saturated rings. The second-order valence-corrected chi connectivity index (χ2v) is 8.19. The molecule has 2 N–H and O–H groups in total. The minimum Gasteiger partial charge on any atom is -0.444 e. The minimum absolute atomic E-state index is 0.0189. The molecule has 3 aromatic rings. The molecule has 5 nitrogen and oxygen atoms in total. The van der Waals surface area contributed by atoms with Crippen molar-refractivity contribution in [2.75, 3.05) is 11.9 Å². The number of hydrogen-bond donors (Lipinski definition) is 2. The third-order valence-corrected chi connectivity index (χ3v) is 5.34. The molecule has 0 saturated heterocycles. The number of nitrogens with one attached hydrogen (secondary N) is 2. The number of carbonyl (C=O) groups is 2. The topological polar surface area (TPSA) is 71.3 Å². The molecule has 1 heterocycles. The molecule has 30 heavy (non-hydrogen) atoms. The summed E-state index contributed by atoms with van der Waals surface area (Å²) in [5, 5.41) is 5.76. The van der Waals surface area contributed by atoms with Crippen molar-refractivity contribution >= 4 is 33.4 Å². The zero-order valence-corrected chi connectivity index (χ0v) is 18.9. The summed E-state index contributed by atoms with van der Waals surface area (Å²) in [6.45, 7) is 6.93. The molecular formula is C24H25BrN2O3. The average Bonchev–Trinajstić information content (AvgIpc) is 3.12. The van der Waals surface area contributed by atoms with E-state index in [1.54, 1.807) is 24.3 Å². The number of aryl methyl sites for hydroxylation is 3. The smallest absolute Gasteiger partial charge is 0.291 e. The largest absolute Gasteiger partial charge is 0.444 e. The van der Waals surface area contributed by atoms with Crippen LogP contribution in [0.1, 0.15) is 38.4 Å². The number of halogens is 1. The lowest BCUT2D eigenvalue weighted by Gasteiger charge is -2.12. The van der Waals surface area contributed by atoms with E-state index in [4.69, 9.17) is 4.42 Å². The lowest BCUT2D eigenvalue weighted by Crippen LogP contribution is -2.27. The van der Waals surface area contributed by atoms with Crippen LogP contribution in [0.25, 0.3) is 0 Å². The van der Waals surface area contributed by atoms with Crippen LogP contribution in [-0.4, -0.2) is 18.4 Å². The van der Waals surface area contributed by atoms with Gasteiger partial charge in [-0.1, -0.05) is 29.8 Å². The molecule has 1 aromatic heterocycles. The fraction of sp³-hybridized carbons (Fsp3) is 0.250. The maximum atomic E-state index is 12.3. The number of amides is 2. The first-order valence-electron chi connectivity index (χ1n) is 9.81. The van der Waals surface area contributed by atoms with E-state index in [2.05, 4.69) is 59.5 Å². The van der Waals surface area contributed by atoms with Crippen LogP contribution in [0.3, 0.4) is 0 Å². The van der Waals surface area contributed by atoms with Gasteiger partial charge in [-0.2, -0.15) is 0 Å². The summed E-state index contributed by atoms with van der Waals surface area (Å²) in [5.41, 5.74) is 6.61. The van der Waals surface area contributed by atoms with Crippen molar-refractivity contribution in [1.29, 1.82) is 0 Å². The van der Waals surface area contributed by atoms with E-state index in [0.29, 0.717) is 23.3 Å². The average molecular weight is 469 g/mol. The Bertz CT molecular complexity index is 1030. The fourth-order valence-corrected chi connectivity index (χ4v) is 3.82. The van der Waals surface area contributed by atoms with Gasteiger partial charge < -0.3 is 15.1 Å². The molecule has 3 rings (SSSR count). The third-order valence-electron chi connectivity index (χ3n) is 4.91. The Morgan fingerprint density at radius 1 is 0.967 bits per heavy atom. The number of rotatable bonds is 7. The van der Waals surface area contributed by atoms with E-state index < -0.39 is 0 Å². The van der Waals surface area contributed by atoms with Gasteiger partial charge in [-0.15, -0.1) is 0 Å². The number of carbonyl (C=O) groups excluding carboxylic acids is 2. The SMILES string of the molecule is Cc1cc(C)c(CCNC(=O)Cc2ccc(NC(=O)c3ccc(Br)o3)cc2)c(C)c1. The van der Waals surface area contributed by atoms with Crippen LogP contribution < -0.4 is 10.6 Å². The van der Waals surface area contributed by atoms with Crippen molar-refractivity contribution in [3.05, 3.63) is 86.8 Å². The summed E-state index contributed by atoms with van der Waals surface area (Å²) in [7, 11) is 0. The van der Waals surface area contributed by atoms with Gasteiger partial charge in [-0.05, 0) is 89.6 Å². The maximum absolute atomic E-state index is 12.3. The van der Waals surface area contributed by atoms with Crippen molar-refractivity contribution in [2.45, 2.75) is 33.6 Å². The minimum atomic E-state index is -0.326. The van der Waals surface area contributed by atoms with Crippen molar-refractivity contribution in [2.24, 2.45) is 0 Å². The molecule has 2 aromatic carbocycles. The van der Waals surface area contributed by atoms with E-state index in [1.807, 2.05) is 12.1 Å². The van der Waals surface area contributed by atoms with Crippen LogP contribution in [0.2, 0.25) is 0 Å². The first kappa shape index (κ1) is 21.8. The molecule has 156 valence electrons. The standard InChI is InChI=1S/C24H25BrN2O3/c1-15-12-16(2)20(17(3)13-15)10-11-26-23(28)14-18-4-6-19(7-5-18)27-24(29)21-8-9-22(25)30-21/h4-9,12-13H,10-11,14H2,1-3H3,(H,26,28)(H,27,29). The van der Waals surface area contributed by atoms with E-state index in [1.165, 1.54) is 22.3 Å². The first-order chi connectivity index (χ1) is 14.3. The van der Waals surface area contributed by atoms with Gasteiger partial charge >= 0.3 is 0 Å². The molecule has 6 heteroatoms. The molecule has 0 atom stereocenters. The molecule has 2 amide bonds. The molecule has 0 aliphatic rings. The molecule has 0 unspecified atom stereocenters. The van der Waals surface area contributed by atoms with E-state index >= 15 is 0 Å². The molecule has 0 bridgehead atoms. The third kappa shape index (κ3) is 5.83. The summed E-state index contributed by atoms with van der Waals surface area (Å²) in [4.78, 5) is 24.4. The Kier molecular flexibility index (Phi) is 7.11. The Morgan fingerprint density at radius 3 is 2.23 bits per heavy atom. The Hall–Kier alpha value is -2.86. The van der Waals surface area contributed by atoms with Crippen LogP contribution in [0.15, 0.2) is 57.6 Å². The molecule has 0 radical (unpaired) electrons. The van der Waals surface area contributed by atoms with Crippen molar-refractivity contribution in [3.8, 4) is 0 Å². The summed E-state index contributed by atoms with van der Waals surface area (Å²) >= 11 is 3.17. The predicted octanol–water partition coefficient (Wildman–Crippen LogP) is 5.12. The molecule has 0 aliphatic carbocycles. The van der Waals surface area contributed by atoms with Crippen molar-refractivity contribution < 1.29 is 14.0 Å². The van der Waals surface area contributed by atoms with Gasteiger partial charge in [0.05, 0.1) is 6.42 Å². The second-order valence-electron chi connectivity index (χ2n) is 7.41. The number of hydrogen-bond acceptors (Lipinski definition) is 3. The molecule has 0 spiro atoms. The molecular weight excluding hydrogens is 444 g/mol. The van der Waals surface area contributed by atoms with Crippen LogP contribution in [0, 0.1) is 20.8 Å². The van der Waals surface area contributed by atoms with Gasteiger partial charge in [0.25, 0.3) is 5.91 Å². The Labute approximate surface area is 185 Å². The quantitative estimate of drug-likeness (QED) is 0.505. The lowest BCUT2D eigenvalue weighted by molar-refractivity contribution is -0.120. The van der Waals surface area contributed by atoms with Gasteiger partial charge in [0, 0.05) is 12.2 Å². The highest BCUT2D eigenvalue weighted by atomic mass is 79.9. The maximum Gasteiger partial charge on any atom is 0.291 e. The van der Waals surface area contributed by atoms with Gasteiger partial charge in [0.2, 0.25) is 5.91 Å². The lowest BCUT2D eigenvalue weighted by atomic mass is 9.97. The van der Waals surface area contributed by atoms with E-state index in [-0.39, 0.29) is 17.6 Å². The number of anilines is 1. The van der Waals surface area contributed by atoms with Crippen LogP contribution >= 0.6 is 15.9 Å². The van der Waals surface area contributed by atoms with Crippen LogP contribution in [0.5, 0.6) is 0 Å². The van der Waals surface area contributed by atoms with Crippen molar-refractivity contribution in [1.82, 2.24) is 5.32 Å². The number of benzene rings is 2. The predicted molar refractivity (Wildman–Crippen MR) is 122 cm³/mol. The fourth-order valence-electron chi connectivity index (χ4n) is 3.51. The van der Waals surface area contributed by atoms with E-state index in [0.717, 1.165) is 12.0 Å². The highest BCUT2D eigenvalue weighted by Gasteiger charge is 2.11. The highest BCUT2D eigenvalue weighted by Crippen LogP contribution is 2.18. The van der Waals surface area contributed by atoms with E-state index in [9.17, 15) is 9.59 Å². The normalized spacial score (nSPS) is 10.7. The Morgan fingerprint density at radius 2 is 1.63 bits per heavy atom. The first-order valence-corrected chi connectivity index (χ1v) is 10.6. The summed E-state index contributed by atoms with van der Waals surface area (Å²) in [6, 6.07) is 14.8. The Balaban J connectivity index is 1.48. The molecule has 0 aliphatic heterocycles. The van der Waals surface area contributed by atoms with Gasteiger partial charge in [0.1, 0.15) is 0 Å². The number of furan rings is 1. The van der Waals surface area contributed by atoms with Gasteiger partial charge in [-0.25, -0.2) is 0 Å². The summed E-state index contributed by atoms with van der Waals surface area (Å²) in [6.07, 6.45) is 1.11. The van der Waals surface area contributed by atoms with Gasteiger partial charge in [0.15, 0.2) is 10.4 Å². The zero-order chi connectivity index (χ0) is 21.7. The summed E-state index contributed by atoms with van der Waals surface area (Å²) in [5.74, 6) is -0.119. The molecule has 0 saturated carbocycles. The monoisotopic (exact) mass is 468 g/mol. The van der Waals surface area contributed by atoms with Crippen molar-refractivity contribution in [3.63, 3.8) is 0 Å².